The quantitative estimate of drug-likeness (QED) is 0.504. The topological polar surface area (TPSA) is 75.7 Å². The molecule has 8 heteroatoms. The highest BCUT2D eigenvalue weighted by Crippen LogP contribution is 2.32. The van der Waals surface area contributed by atoms with E-state index in [9.17, 15) is 14.4 Å². The molecule has 1 fully saturated rings. The molecule has 29 heavy (non-hydrogen) atoms. The molecule has 0 aromatic heterocycles. The zero-order valence-electron chi connectivity index (χ0n) is 15.7. The Morgan fingerprint density at radius 1 is 1.24 bits per heavy atom. The smallest absolute Gasteiger partial charge is 0.307 e. The van der Waals surface area contributed by atoms with Crippen molar-refractivity contribution in [1.29, 1.82) is 0 Å². The van der Waals surface area contributed by atoms with Crippen LogP contribution in [0.1, 0.15) is 24.4 Å². The molecule has 1 N–H and O–H groups in total. The van der Waals surface area contributed by atoms with Gasteiger partial charge in [0.05, 0.1) is 25.3 Å². The first-order valence-electron chi connectivity index (χ1n) is 9.09. The first-order chi connectivity index (χ1) is 13.9. The van der Waals surface area contributed by atoms with E-state index in [2.05, 4.69) is 21.2 Å². The number of esters is 1. The van der Waals surface area contributed by atoms with Crippen molar-refractivity contribution >= 4 is 51.0 Å². The minimum atomic E-state index is -0.811. The van der Waals surface area contributed by atoms with Gasteiger partial charge < -0.3 is 15.0 Å². The monoisotopic (exact) mass is 478 g/mol. The lowest BCUT2D eigenvalue weighted by Crippen LogP contribution is -2.39. The van der Waals surface area contributed by atoms with Crippen LogP contribution in [0.15, 0.2) is 53.0 Å². The molecule has 2 unspecified atom stereocenters. The number of benzene rings is 2. The van der Waals surface area contributed by atoms with Gasteiger partial charge in [-0.15, -0.1) is 0 Å². The number of rotatable bonds is 6. The van der Waals surface area contributed by atoms with Crippen molar-refractivity contribution in [1.82, 2.24) is 5.32 Å². The van der Waals surface area contributed by atoms with Crippen molar-refractivity contribution in [3.05, 3.63) is 63.6 Å². The number of anilines is 1. The van der Waals surface area contributed by atoms with E-state index in [-0.39, 0.29) is 12.3 Å². The number of para-hydroxylation sites is 1. The Kier molecular flexibility index (Phi) is 6.92. The van der Waals surface area contributed by atoms with Crippen LogP contribution < -0.4 is 10.2 Å². The van der Waals surface area contributed by atoms with Crippen LogP contribution in [0.5, 0.6) is 0 Å². The second kappa shape index (κ2) is 9.41. The highest BCUT2D eigenvalue weighted by atomic mass is 79.9. The van der Waals surface area contributed by atoms with Crippen molar-refractivity contribution in [3.8, 4) is 0 Å². The summed E-state index contributed by atoms with van der Waals surface area (Å²) in [7, 11) is 1.29. The minimum Gasteiger partial charge on any atom is -0.469 e. The molecule has 1 saturated heterocycles. The van der Waals surface area contributed by atoms with Crippen LogP contribution in [-0.2, 0) is 19.1 Å². The number of methoxy groups -OCH3 is 1. The number of ether oxygens (including phenoxy) is 1. The number of hydrogen-bond acceptors (Lipinski definition) is 4. The van der Waals surface area contributed by atoms with E-state index in [1.54, 1.807) is 29.2 Å². The lowest BCUT2D eigenvalue weighted by Gasteiger charge is -2.21. The fourth-order valence-corrected chi connectivity index (χ4v) is 3.93. The van der Waals surface area contributed by atoms with Crippen molar-refractivity contribution in [2.75, 3.05) is 18.6 Å². The van der Waals surface area contributed by atoms with Gasteiger partial charge in [-0.25, -0.2) is 0 Å². The molecule has 0 bridgehead atoms. The summed E-state index contributed by atoms with van der Waals surface area (Å²) < 4.78 is 5.54. The molecule has 0 radical (unpaired) electrons. The van der Waals surface area contributed by atoms with Crippen molar-refractivity contribution in [2.24, 2.45) is 5.92 Å². The van der Waals surface area contributed by atoms with Crippen LogP contribution in [0.25, 0.3) is 0 Å². The van der Waals surface area contributed by atoms with Gasteiger partial charge in [-0.1, -0.05) is 35.9 Å². The summed E-state index contributed by atoms with van der Waals surface area (Å²) in [5, 5.41) is 3.38. The molecular formula is C21H20BrClN2O4. The van der Waals surface area contributed by atoms with Crippen LogP contribution in [0.4, 0.5) is 5.69 Å². The number of carbonyl (C=O) groups is 3. The van der Waals surface area contributed by atoms with Crippen molar-refractivity contribution < 1.29 is 19.1 Å². The van der Waals surface area contributed by atoms with Gasteiger partial charge in [0, 0.05) is 16.0 Å². The maximum Gasteiger partial charge on any atom is 0.307 e. The predicted molar refractivity (Wildman–Crippen MR) is 114 cm³/mol. The van der Waals surface area contributed by atoms with Crippen LogP contribution in [-0.4, -0.2) is 31.4 Å². The number of amides is 2. The van der Waals surface area contributed by atoms with Gasteiger partial charge in [0.1, 0.15) is 5.92 Å². The van der Waals surface area contributed by atoms with E-state index in [1.807, 2.05) is 24.3 Å². The molecule has 0 aliphatic carbocycles. The van der Waals surface area contributed by atoms with Crippen LogP contribution in [0, 0.1) is 5.92 Å². The fraction of sp³-hybridized carbons (Fsp3) is 0.286. The third-order valence-corrected chi connectivity index (χ3v) is 5.78. The van der Waals surface area contributed by atoms with E-state index < -0.39 is 23.8 Å². The van der Waals surface area contributed by atoms with Gasteiger partial charge in [0.15, 0.2) is 0 Å². The van der Waals surface area contributed by atoms with Gasteiger partial charge in [0.2, 0.25) is 11.8 Å². The zero-order chi connectivity index (χ0) is 21.0. The zero-order valence-corrected chi connectivity index (χ0v) is 18.1. The normalized spacial score (nSPS) is 17.1. The van der Waals surface area contributed by atoms with Gasteiger partial charge in [-0.2, -0.15) is 0 Å². The van der Waals surface area contributed by atoms with E-state index >= 15 is 0 Å². The number of nitrogens with zero attached hydrogens (tertiary/aromatic N) is 1. The molecule has 3 rings (SSSR count). The predicted octanol–water partition coefficient (Wildman–Crippen LogP) is 3.88. The van der Waals surface area contributed by atoms with Crippen LogP contribution in [0.3, 0.4) is 0 Å². The molecule has 152 valence electrons. The molecule has 2 aromatic carbocycles. The van der Waals surface area contributed by atoms with E-state index in [0.717, 1.165) is 10.2 Å². The number of halogens is 2. The Labute approximate surface area is 182 Å². The van der Waals surface area contributed by atoms with Crippen molar-refractivity contribution in [3.63, 3.8) is 0 Å². The fourth-order valence-electron chi connectivity index (χ4n) is 3.30. The van der Waals surface area contributed by atoms with Crippen LogP contribution >= 0.6 is 27.5 Å². The van der Waals surface area contributed by atoms with E-state index in [4.69, 9.17) is 16.3 Å². The largest absolute Gasteiger partial charge is 0.469 e. The standard InChI is InChI=1S/C21H20BrClN2O4/c1-29-19(26)12-17(13-6-8-14(23)9-7-13)24-20(27)15-10-11-25(21(15)28)18-5-3-2-4-16(18)22/h2-9,15,17H,10-12H2,1H3,(H,24,27). The molecule has 1 aliphatic rings. The molecular weight excluding hydrogens is 460 g/mol. The number of nitrogens with one attached hydrogen (secondary N) is 1. The molecule has 6 nitrogen and oxygen atoms in total. The molecule has 0 saturated carbocycles. The third kappa shape index (κ3) is 4.97. The van der Waals surface area contributed by atoms with Gasteiger partial charge in [0.25, 0.3) is 0 Å². The Balaban J connectivity index is 1.75. The van der Waals surface area contributed by atoms with E-state index in [0.29, 0.717) is 23.6 Å². The average molecular weight is 480 g/mol. The molecule has 1 heterocycles. The van der Waals surface area contributed by atoms with Gasteiger partial charge >= 0.3 is 5.97 Å². The van der Waals surface area contributed by atoms with E-state index in [1.165, 1.54) is 7.11 Å². The molecule has 2 amide bonds. The maximum absolute atomic E-state index is 12.9. The summed E-state index contributed by atoms with van der Waals surface area (Å²) in [6, 6.07) is 13.6. The molecule has 0 spiro atoms. The Hall–Kier alpha value is -2.38. The second-order valence-electron chi connectivity index (χ2n) is 6.68. The highest BCUT2D eigenvalue weighted by molar-refractivity contribution is 9.10. The first kappa shape index (κ1) is 21.3. The SMILES string of the molecule is COC(=O)CC(NC(=O)C1CCN(c2ccccc2Br)C1=O)c1ccc(Cl)cc1. The minimum absolute atomic E-state index is 0.0429. The average Bonchev–Trinajstić information content (AvgIpc) is 3.09. The lowest BCUT2D eigenvalue weighted by molar-refractivity contribution is -0.141. The molecule has 2 atom stereocenters. The van der Waals surface area contributed by atoms with Gasteiger partial charge in [-0.05, 0) is 52.2 Å². The lowest BCUT2D eigenvalue weighted by atomic mass is 10.0. The summed E-state index contributed by atoms with van der Waals surface area (Å²) in [6.45, 7) is 0.447. The van der Waals surface area contributed by atoms with Crippen LogP contribution in [0.2, 0.25) is 5.02 Å². The van der Waals surface area contributed by atoms with Crippen molar-refractivity contribution in [2.45, 2.75) is 18.9 Å². The Morgan fingerprint density at radius 2 is 1.93 bits per heavy atom. The highest BCUT2D eigenvalue weighted by Gasteiger charge is 2.39. The number of hydrogen-bond donors (Lipinski definition) is 1. The number of carbonyl (C=O) groups excluding carboxylic acids is 3. The molecule has 2 aromatic rings. The second-order valence-corrected chi connectivity index (χ2v) is 7.97. The molecule has 1 aliphatic heterocycles. The summed E-state index contributed by atoms with van der Waals surface area (Å²) in [4.78, 5) is 39.2. The first-order valence-corrected chi connectivity index (χ1v) is 10.3. The summed E-state index contributed by atoms with van der Waals surface area (Å²) in [5.41, 5.74) is 1.44. The third-order valence-electron chi connectivity index (χ3n) is 4.85. The summed E-state index contributed by atoms with van der Waals surface area (Å²) >= 11 is 9.38. The van der Waals surface area contributed by atoms with Gasteiger partial charge in [-0.3, -0.25) is 14.4 Å². The maximum atomic E-state index is 12.9. The Morgan fingerprint density at radius 3 is 2.59 bits per heavy atom. The summed E-state index contributed by atoms with van der Waals surface area (Å²) in [6.07, 6.45) is 0.357. The Bertz CT molecular complexity index is 919. The summed E-state index contributed by atoms with van der Waals surface area (Å²) in [5.74, 6) is -1.94.